The first-order chi connectivity index (χ1) is 12.1. The van der Waals surface area contributed by atoms with E-state index in [0.29, 0.717) is 16.9 Å². The molecule has 0 radical (unpaired) electrons. The Morgan fingerprint density at radius 3 is 2.76 bits per heavy atom. The first kappa shape index (κ1) is 15.7. The van der Waals surface area contributed by atoms with Gasteiger partial charge in [0.15, 0.2) is 0 Å². The van der Waals surface area contributed by atoms with Crippen LogP contribution in [0.25, 0.3) is 5.57 Å². The zero-order valence-corrected chi connectivity index (χ0v) is 14.1. The number of rotatable bonds is 3. The smallest absolute Gasteiger partial charge is 0.257 e. The summed E-state index contributed by atoms with van der Waals surface area (Å²) in [6, 6.07) is 10.9. The third-order valence-electron chi connectivity index (χ3n) is 4.81. The van der Waals surface area contributed by atoms with Crippen molar-refractivity contribution in [3.8, 4) is 0 Å². The molecule has 0 atom stereocenters. The maximum atomic E-state index is 14.4. The fourth-order valence-electron chi connectivity index (χ4n) is 3.54. The lowest BCUT2D eigenvalue weighted by Gasteiger charge is -2.18. The van der Waals surface area contributed by atoms with Crippen LogP contribution in [0.2, 0.25) is 0 Å². The molecule has 2 aliphatic heterocycles. The van der Waals surface area contributed by atoms with Gasteiger partial charge in [-0.3, -0.25) is 4.79 Å². The van der Waals surface area contributed by atoms with E-state index in [0.717, 1.165) is 42.7 Å². The topological polar surface area (TPSA) is 44.4 Å². The van der Waals surface area contributed by atoms with Crippen LogP contribution in [0.5, 0.6) is 0 Å². The van der Waals surface area contributed by atoms with E-state index >= 15 is 0 Å². The molecule has 0 spiro atoms. The Balaban J connectivity index is 1.58. The molecule has 0 aromatic heterocycles. The van der Waals surface area contributed by atoms with E-state index < -0.39 is 0 Å². The van der Waals surface area contributed by atoms with Crippen molar-refractivity contribution < 1.29 is 9.18 Å². The van der Waals surface area contributed by atoms with Crippen molar-refractivity contribution in [2.24, 2.45) is 0 Å². The van der Waals surface area contributed by atoms with Gasteiger partial charge >= 0.3 is 0 Å². The molecule has 0 saturated carbocycles. The number of anilines is 3. The molecule has 0 aliphatic carbocycles. The molecule has 25 heavy (non-hydrogen) atoms. The zero-order chi connectivity index (χ0) is 17.4. The van der Waals surface area contributed by atoms with Crippen LogP contribution in [0, 0.1) is 12.7 Å². The normalized spacial score (nSPS) is 17.8. The van der Waals surface area contributed by atoms with Crippen molar-refractivity contribution in [1.29, 1.82) is 0 Å². The van der Waals surface area contributed by atoms with E-state index in [1.807, 2.05) is 31.2 Å². The summed E-state index contributed by atoms with van der Waals surface area (Å²) in [5.74, 6) is -0.385. The van der Waals surface area contributed by atoms with Crippen LogP contribution in [-0.4, -0.2) is 19.0 Å². The fourth-order valence-corrected chi connectivity index (χ4v) is 3.54. The molecule has 0 bridgehead atoms. The molecule has 2 heterocycles. The van der Waals surface area contributed by atoms with Crippen LogP contribution >= 0.6 is 0 Å². The van der Waals surface area contributed by atoms with E-state index in [9.17, 15) is 9.18 Å². The average Bonchev–Trinajstić information content (AvgIpc) is 3.21. The van der Waals surface area contributed by atoms with E-state index in [-0.39, 0.29) is 11.7 Å². The lowest BCUT2D eigenvalue weighted by Crippen LogP contribution is -2.18. The number of halogens is 1. The predicted octanol–water partition coefficient (Wildman–Crippen LogP) is 4.14. The second-order valence-corrected chi connectivity index (χ2v) is 6.51. The Morgan fingerprint density at radius 2 is 2.00 bits per heavy atom. The number of benzene rings is 2. The van der Waals surface area contributed by atoms with Gasteiger partial charge in [0.1, 0.15) is 5.82 Å². The highest BCUT2D eigenvalue weighted by atomic mass is 19.1. The fraction of sp³-hybridized carbons (Fsp3) is 0.250. The first-order valence-electron chi connectivity index (χ1n) is 8.56. The number of hydrogen-bond donors (Lipinski definition) is 2. The minimum absolute atomic E-state index is 0.147. The van der Waals surface area contributed by atoms with Crippen molar-refractivity contribution in [2.45, 2.75) is 19.8 Å². The molecule has 2 aromatic carbocycles. The zero-order valence-electron chi connectivity index (χ0n) is 14.1. The van der Waals surface area contributed by atoms with Crippen LogP contribution in [0.15, 0.2) is 42.6 Å². The molecule has 4 nitrogen and oxygen atoms in total. The molecule has 2 aromatic rings. The summed E-state index contributed by atoms with van der Waals surface area (Å²) >= 11 is 0. The Labute approximate surface area is 146 Å². The molecule has 2 N–H and O–H groups in total. The quantitative estimate of drug-likeness (QED) is 0.828. The Kier molecular flexibility index (Phi) is 3.92. The molecule has 1 fully saturated rings. The maximum absolute atomic E-state index is 14.4. The molecule has 2 aliphatic rings. The van der Waals surface area contributed by atoms with Gasteiger partial charge in [0, 0.05) is 36.2 Å². The van der Waals surface area contributed by atoms with Gasteiger partial charge in [-0.2, -0.15) is 0 Å². The summed E-state index contributed by atoms with van der Waals surface area (Å²) in [6.45, 7) is 3.78. The van der Waals surface area contributed by atoms with Crippen LogP contribution < -0.4 is 15.5 Å². The average molecular weight is 337 g/mol. The highest BCUT2D eigenvalue weighted by molar-refractivity contribution is 6.32. The number of aryl methyl sites for hydroxylation is 1. The minimum Gasteiger partial charge on any atom is -0.369 e. The molecule has 5 heteroatoms. The minimum atomic E-state index is -0.238. The lowest BCUT2D eigenvalue weighted by atomic mass is 10.0. The number of carbonyl (C=O) groups is 1. The number of carbonyl (C=O) groups excluding carboxylic acids is 1. The Hall–Kier alpha value is -2.82. The lowest BCUT2D eigenvalue weighted by molar-refractivity contribution is -0.110. The third kappa shape index (κ3) is 2.86. The number of amides is 1. The van der Waals surface area contributed by atoms with Crippen LogP contribution in [0.4, 0.5) is 21.5 Å². The standard InChI is InChI=1S/C20H20FN3O/c1-13-5-4-6-17-19(13)15(20(25)23-17)12-22-14-7-8-18(16(21)11-14)24-9-2-3-10-24/h4-8,11-12,22H,2-3,9-10H2,1H3,(H,23,25)/b15-12+. The molecule has 0 unspecified atom stereocenters. The van der Waals surface area contributed by atoms with Crippen molar-refractivity contribution >= 4 is 28.5 Å². The van der Waals surface area contributed by atoms with Gasteiger partial charge in [0.05, 0.1) is 11.3 Å². The van der Waals surface area contributed by atoms with Gasteiger partial charge < -0.3 is 15.5 Å². The summed E-state index contributed by atoms with van der Waals surface area (Å²) in [6.07, 6.45) is 3.87. The van der Waals surface area contributed by atoms with Gasteiger partial charge in [0.2, 0.25) is 0 Å². The van der Waals surface area contributed by atoms with E-state index in [2.05, 4.69) is 15.5 Å². The summed E-state index contributed by atoms with van der Waals surface area (Å²) in [5, 5.41) is 5.92. The Bertz CT molecular complexity index is 869. The van der Waals surface area contributed by atoms with Gasteiger partial charge in [-0.25, -0.2) is 4.39 Å². The molecule has 128 valence electrons. The van der Waals surface area contributed by atoms with Crippen LogP contribution in [-0.2, 0) is 4.79 Å². The van der Waals surface area contributed by atoms with E-state index in [1.165, 1.54) is 6.07 Å². The van der Waals surface area contributed by atoms with Crippen molar-refractivity contribution in [1.82, 2.24) is 0 Å². The predicted molar refractivity (Wildman–Crippen MR) is 99.3 cm³/mol. The van der Waals surface area contributed by atoms with Crippen molar-refractivity contribution in [3.05, 3.63) is 59.5 Å². The third-order valence-corrected chi connectivity index (χ3v) is 4.81. The maximum Gasteiger partial charge on any atom is 0.257 e. The van der Waals surface area contributed by atoms with Crippen LogP contribution in [0.1, 0.15) is 24.0 Å². The number of nitrogens with one attached hydrogen (secondary N) is 2. The van der Waals surface area contributed by atoms with Gasteiger partial charge in [0.25, 0.3) is 5.91 Å². The summed E-state index contributed by atoms with van der Waals surface area (Å²) in [5.41, 5.74) is 4.58. The molecular weight excluding hydrogens is 317 g/mol. The summed E-state index contributed by atoms with van der Waals surface area (Å²) < 4.78 is 14.4. The van der Waals surface area contributed by atoms with E-state index in [4.69, 9.17) is 0 Å². The second-order valence-electron chi connectivity index (χ2n) is 6.51. The highest BCUT2D eigenvalue weighted by Crippen LogP contribution is 2.34. The van der Waals surface area contributed by atoms with Crippen molar-refractivity contribution in [2.75, 3.05) is 28.6 Å². The monoisotopic (exact) mass is 337 g/mol. The highest BCUT2D eigenvalue weighted by Gasteiger charge is 2.25. The number of hydrogen-bond acceptors (Lipinski definition) is 3. The van der Waals surface area contributed by atoms with Crippen LogP contribution in [0.3, 0.4) is 0 Å². The number of nitrogens with zero attached hydrogens (tertiary/aromatic N) is 1. The first-order valence-corrected chi connectivity index (χ1v) is 8.56. The van der Waals surface area contributed by atoms with Gasteiger partial charge in [-0.05, 0) is 49.6 Å². The molecule has 1 saturated heterocycles. The molecule has 4 rings (SSSR count). The van der Waals surface area contributed by atoms with E-state index in [1.54, 1.807) is 12.3 Å². The summed E-state index contributed by atoms with van der Waals surface area (Å²) in [4.78, 5) is 14.3. The van der Waals surface area contributed by atoms with Gasteiger partial charge in [-0.15, -0.1) is 0 Å². The number of fused-ring (bicyclic) bond motifs is 1. The summed E-state index contributed by atoms with van der Waals surface area (Å²) in [7, 11) is 0. The van der Waals surface area contributed by atoms with Crippen molar-refractivity contribution in [3.63, 3.8) is 0 Å². The Morgan fingerprint density at radius 1 is 1.20 bits per heavy atom. The molecular formula is C20H20FN3O. The largest absolute Gasteiger partial charge is 0.369 e. The SMILES string of the molecule is Cc1cccc2c1/C(=C\Nc1ccc(N3CCCC3)c(F)c1)C(=O)N2. The second kappa shape index (κ2) is 6.24. The molecule has 1 amide bonds. The van der Waals surface area contributed by atoms with Gasteiger partial charge in [-0.1, -0.05) is 12.1 Å².